The van der Waals surface area contributed by atoms with Crippen LogP contribution < -0.4 is 11.1 Å². The van der Waals surface area contributed by atoms with E-state index in [4.69, 9.17) is 5.73 Å². The molecule has 4 nitrogen and oxygen atoms in total. The molecule has 0 bridgehead atoms. The number of likely N-dealkylation sites (tertiary alicyclic amines) is 1. The summed E-state index contributed by atoms with van der Waals surface area (Å²) in [4.78, 5) is 14.0. The van der Waals surface area contributed by atoms with Crippen molar-refractivity contribution in [2.45, 2.75) is 32.0 Å². The van der Waals surface area contributed by atoms with E-state index < -0.39 is 17.5 Å². The van der Waals surface area contributed by atoms with E-state index in [0.29, 0.717) is 25.9 Å². The molecule has 0 saturated carbocycles. The lowest BCUT2D eigenvalue weighted by Gasteiger charge is -2.30. The third kappa shape index (κ3) is 5.33. The molecule has 2 rings (SSSR count). The Balaban J connectivity index is 0.00000312. The van der Waals surface area contributed by atoms with Crippen LogP contribution in [0.4, 0.5) is 13.2 Å². The number of benzene rings is 1. The van der Waals surface area contributed by atoms with Crippen molar-refractivity contribution in [2.75, 3.05) is 26.2 Å². The normalized spacial score (nSPS) is 21.0. The largest absolute Gasteiger partial charge is 0.404 e. The standard InChI is InChI=1S/C17H24F3N3O.ClH/c18-17(19,20)16(15(24)22-10-5-4-9-21)8-11-23(13-16)12-14-6-2-1-3-7-14;/h1-3,6-7H,4-5,8-13,21H2,(H,22,24);1H. The maximum atomic E-state index is 13.6. The van der Waals surface area contributed by atoms with Crippen molar-refractivity contribution in [2.24, 2.45) is 11.1 Å². The van der Waals surface area contributed by atoms with E-state index in [1.165, 1.54) is 0 Å². The van der Waals surface area contributed by atoms with E-state index in [-0.39, 0.29) is 38.5 Å². The maximum Gasteiger partial charge on any atom is 0.404 e. The molecule has 1 amide bonds. The number of nitrogens with zero attached hydrogens (tertiary/aromatic N) is 1. The van der Waals surface area contributed by atoms with Gasteiger partial charge in [0, 0.05) is 19.6 Å². The quantitative estimate of drug-likeness (QED) is 0.716. The fraction of sp³-hybridized carbons (Fsp3) is 0.588. The highest BCUT2D eigenvalue weighted by atomic mass is 35.5. The molecule has 1 aromatic carbocycles. The number of alkyl halides is 3. The zero-order valence-electron chi connectivity index (χ0n) is 14.0. The van der Waals surface area contributed by atoms with Crippen molar-refractivity contribution < 1.29 is 18.0 Å². The number of amides is 1. The first kappa shape index (κ1) is 21.7. The van der Waals surface area contributed by atoms with Crippen molar-refractivity contribution in [1.82, 2.24) is 10.2 Å². The molecular formula is C17H25ClF3N3O. The first-order valence-corrected chi connectivity index (χ1v) is 8.20. The minimum Gasteiger partial charge on any atom is -0.355 e. The minimum atomic E-state index is -4.56. The van der Waals surface area contributed by atoms with Crippen LogP contribution in [0.1, 0.15) is 24.8 Å². The van der Waals surface area contributed by atoms with Gasteiger partial charge >= 0.3 is 6.18 Å². The summed E-state index contributed by atoms with van der Waals surface area (Å²) in [6.07, 6.45) is -3.49. The molecule has 1 saturated heterocycles. The second kappa shape index (κ2) is 9.40. The average Bonchev–Trinajstić information content (AvgIpc) is 2.97. The third-order valence-electron chi connectivity index (χ3n) is 4.49. The predicted molar refractivity (Wildman–Crippen MR) is 93.4 cm³/mol. The van der Waals surface area contributed by atoms with Gasteiger partial charge in [-0.05, 0) is 37.9 Å². The minimum absolute atomic E-state index is 0. The molecule has 0 radical (unpaired) electrons. The van der Waals surface area contributed by atoms with Gasteiger partial charge in [-0.15, -0.1) is 12.4 Å². The number of hydrogen-bond donors (Lipinski definition) is 2. The van der Waals surface area contributed by atoms with Crippen molar-refractivity contribution in [3.05, 3.63) is 35.9 Å². The Bertz CT molecular complexity index is 542. The lowest BCUT2D eigenvalue weighted by molar-refractivity contribution is -0.218. The van der Waals surface area contributed by atoms with Crippen LogP contribution in [0, 0.1) is 5.41 Å². The highest BCUT2D eigenvalue weighted by molar-refractivity contribution is 5.85. The Morgan fingerprint density at radius 3 is 2.52 bits per heavy atom. The second-order valence-corrected chi connectivity index (χ2v) is 6.28. The maximum absolute atomic E-state index is 13.6. The third-order valence-corrected chi connectivity index (χ3v) is 4.49. The van der Waals surface area contributed by atoms with Crippen molar-refractivity contribution >= 4 is 18.3 Å². The zero-order valence-corrected chi connectivity index (χ0v) is 14.8. The van der Waals surface area contributed by atoms with E-state index >= 15 is 0 Å². The number of unbranched alkanes of at least 4 members (excludes halogenated alkanes) is 1. The van der Waals surface area contributed by atoms with Gasteiger partial charge in [-0.25, -0.2) is 0 Å². The summed E-state index contributed by atoms with van der Waals surface area (Å²) >= 11 is 0. The van der Waals surface area contributed by atoms with E-state index in [2.05, 4.69) is 5.32 Å². The average molecular weight is 380 g/mol. The number of carbonyl (C=O) groups excluding carboxylic acids is 1. The van der Waals surface area contributed by atoms with Crippen LogP contribution in [0.15, 0.2) is 30.3 Å². The molecule has 1 aliphatic heterocycles. The molecular weight excluding hydrogens is 355 g/mol. The van der Waals surface area contributed by atoms with Gasteiger partial charge < -0.3 is 11.1 Å². The summed E-state index contributed by atoms with van der Waals surface area (Å²) < 4.78 is 40.9. The summed E-state index contributed by atoms with van der Waals surface area (Å²) in [7, 11) is 0. The van der Waals surface area contributed by atoms with Gasteiger partial charge in [0.05, 0.1) is 0 Å². The first-order valence-electron chi connectivity index (χ1n) is 8.20. The van der Waals surface area contributed by atoms with Crippen LogP contribution in [0.5, 0.6) is 0 Å². The lowest BCUT2D eigenvalue weighted by Crippen LogP contribution is -2.52. The molecule has 8 heteroatoms. The summed E-state index contributed by atoms with van der Waals surface area (Å²) in [5.74, 6) is -0.914. The van der Waals surface area contributed by atoms with Crippen molar-refractivity contribution in [1.29, 1.82) is 0 Å². The number of nitrogens with one attached hydrogen (secondary N) is 1. The Hall–Kier alpha value is -1.31. The number of halogens is 4. The summed E-state index contributed by atoms with van der Waals surface area (Å²) in [6, 6.07) is 9.32. The van der Waals surface area contributed by atoms with Crippen LogP contribution in [0.3, 0.4) is 0 Å². The number of rotatable bonds is 7. The smallest absolute Gasteiger partial charge is 0.355 e. The van der Waals surface area contributed by atoms with Gasteiger partial charge in [-0.2, -0.15) is 13.2 Å². The highest BCUT2D eigenvalue weighted by Crippen LogP contribution is 2.46. The number of hydrogen-bond acceptors (Lipinski definition) is 3. The van der Waals surface area contributed by atoms with Crippen LogP contribution in [-0.2, 0) is 11.3 Å². The van der Waals surface area contributed by atoms with E-state index in [1.54, 1.807) is 4.90 Å². The zero-order chi connectivity index (χ0) is 17.6. The van der Waals surface area contributed by atoms with E-state index in [9.17, 15) is 18.0 Å². The van der Waals surface area contributed by atoms with Crippen LogP contribution in [0.25, 0.3) is 0 Å². The lowest BCUT2D eigenvalue weighted by atomic mass is 9.85. The van der Waals surface area contributed by atoms with Gasteiger partial charge in [-0.1, -0.05) is 30.3 Å². The summed E-state index contributed by atoms with van der Waals surface area (Å²) in [6.45, 7) is 1.07. The monoisotopic (exact) mass is 379 g/mol. The Morgan fingerprint density at radius 2 is 1.92 bits per heavy atom. The molecule has 1 fully saturated rings. The molecule has 1 unspecified atom stereocenters. The first-order chi connectivity index (χ1) is 11.4. The second-order valence-electron chi connectivity index (χ2n) is 6.28. The SMILES string of the molecule is Cl.NCCCCNC(=O)C1(C(F)(F)F)CCN(Cc2ccccc2)C1. The van der Waals surface area contributed by atoms with Crippen molar-refractivity contribution in [3.63, 3.8) is 0 Å². The molecule has 3 N–H and O–H groups in total. The van der Waals surface area contributed by atoms with Gasteiger partial charge in [0.25, 0.3) is 0 Å². The molecule has 0 aromatic heterocycles. The predicted octanol–water partition coefficient (Wildman–Crippen LogP) is 2.72. The summed E-state index contributed by atoms with van der Waals surface area (Å²) in [5, 5.41) is 2.45. The Labute approximate surface area is 152 Å². The van der Waals surface area contributed by atoms with Gasteiger partial charge in [0.2, 0.25) is 5.91 Å². The molecule has 142 valence electrons. The highest BCUT2D eigenvalue weighted by Gasteiger charge is 2.62. The number of carbonyl (C=O) groups is 1. The van der Waals surface area contributed by atoms with E-state index in [0.717, 1.165) is 5.56 Å². The summed E-state index contributed by atoms with van der Waals surface area (Å²) in [5.41, 5.74) is 3.98. The Kier molecular flexibility index (Phi) is 8.18. The van der Waals surface area contributed by atoms with Crippen molar-refractivity contribution in [3.8, 4) is 0 Å². The van der Waals surface area contributed by atoms with Gasteiger partial charge in [0.15, 0.2) is 5.41 Å². The number of nitrogens with two attached hydrogens (primary N) is 1. The molecule has 1 aromatic rings. The topological polar surface area (TPSA) is 58.4 Å². The molecule has 25 heavy (non-hydrogen) atoms. The van der Waals surface area contributed by atoms with Crippen LogP contribution in [-0.4, -0.2) is 43.2 Å². The molecule has 1 aliphatic rings. The molecule has 0 aliphatic carbocycles. The molecule has 0 spiro atoms. The van der Waals surface area contributed by atoms with Gasteiger partial charge in [-0.3, -0.25) is 9.69 Å². The van der Waals surface area contributed by atoms with Crippen LogP contribution in [0.2, 0.25) is 0 Å². The fourth-order valence-electron chi connectivity index (χ4n) is 3.05. The Morgan fingerprint density at radius 1 is 1.24 bits per heavy atom. The van der Waals surface area contributed by atoms with Gasteiger partial charge in [0.1, 0.15) is 0 Å². The molecule has 1 atom stereocenters. The molecule has 1 heterocycles. The fourth-order valence-corrected chi connectivity index (χ4v) is 3.05. The van der Waals surface area contributed by atoms with Crippen LogP contribution >= 0.6 is 12.4 Å². The van der Waals surface area contributed by atoms with E-state index in [1.807, 2.05) is 30.3 Å².